The fourth-order valence-electron chi connectivity index (χ4n) is 2.18. The number of aliphatic hydroxyl groups is 1. The minimum Gasteiger partial charge on any atom is -0.393 e. The first-order chi connectivity index (χ1) is 5.75. The maximum absolute atomic E-state index is 9.94. The van der Waals surface area contributed by atoms with Crippen LogP contribution < -0.4 is 0 Å². The quantitative estimate of drug-likeness (QED) is 0.690. The van der Waals surface area contributed by atoms with Crippen molar-refractivity contribution in [2.45, 2.75) is 58.5 Å². The fraction of sp³-hybridized carbons (Fsp3) is 1.00. The highest BCUT2D eigenvalue weighted by Gasteiger charge is 2.24. The average molecular weight is 170 g/mol. The standard InChI is InChI=1S/C11H22O/c1-3-9(2)11(12)10-7-5-4-6-8-10/h9-12H,3-8H2,1-2H3. The monoisotopic (exact) mass is 170 g/mol. The van der Waals surface area contributed by atoms with Crippen LogP contribution in [0, 0.1) is 11.8 Å². The summed E-state index contributed by atoms with van der Waals surface area (Å²) in [6, 6.07) is 0. The zero-order chi connectivity index (χ0) is 8.97. The lowest BCUT2D eigenvalue weighted by molar-refractivity contribution is 0.0385. The molecule has 1 aliphatic carbocycles. The molecule has 1 heteroatoms. The smallest absolute Gasteiger partial charge is 0.0593 e. The van der Waals surface area contributed by atoms with Crippen LogP contribution in [0.5, 0.6) is 0 Å². The molecule has 0 bridgehead atoms. The van der Waals surface area contributed by atoms with Crippen molar-refractivity contribution in [1.29, 1.82) is 0 Å². The third kappa shape index (κ3) is 2.48. The topological polar surface area (TPSA) is 20.2 Å². The van der Waals surface area contributed by atoms with Gasteiger partial charge >= 0.3 is 0 Å². The molecule has 0 spiro atoms. The van der Waals surface area contributed by atoms with Crippen LogP contribution in [0.3, 0.4) is 0 Å². The number of hydrogen-bond donors (Lipinski definition) is 1. The van der Waals surface area contributed by atoms with Crippen molar-refractivity contribution in [2.75, 3.05) is 0 Å². The van der Waals surface area contributed by atoms with E-state index in [1.54, 1.807) is 0 Å². The molecule has 1 rings (SSSR count). The van der Waals surface area contributed by atoms with Crippen LogP contribution in [0.15, 0.2) is 0 Å². The molecule has 0 aliphatic heterocycles. The third-order valence-electron chi connectivity index (χ3n) is 3.36. The lowest BCUT2D eigenvalue weighted by Gasteiger charge is -2.30. The van der Waals surface area contributed by atoms with E-state index < -0.39 is 0 Å². The molecule has 1 aliphatic rings. The Morgan fingerprint density at radius 1 is 1.25 bits per heavy atom. The van der Waals surface area contributed by atoms with Crippen molar-refractivity contribution in [3.8, 4) is 0 Å². The van der Waals surface area contributed by atoms with Crippen molar-refractivity contribution >= 4 is 0 Å². The maximum atomic E-state index is 9.94. The van der Waals surface area contributed by atoms with Gasteiger partial charge in [-0.2, -0.15) is 0 Å². The Balaban J connectivity index is 2.33. The Labute approximate surface area is 76.2 Å². The van der Waals surface area contributed by atoms with E-state index >= 15 is 0 Å². The van der Waals surface area contributed by atoms with Crippen molar-refractivity contribution in [3.05, 3.63) is 0 Å². The SMILES string of the molecule is CCC(C)C(O)C1CCCCC1. The van der Waals surface area contributed by atoms with Gasteiger partial charge in [-0.1, -0.05) is 39.5 Å². The van der Waals surface area contributed by atoms with E-state index in [1.165, 1.54) is 32.1 Å². The van der Waals surface area contributed by atoms with Crippen LogP contribution in [-0.4, -0.2) is 11.2 Å². The van der Waals surface area contributed by atoms with E-state index in [0.29, 0.717) is 11.8 Å². The first kappa shape index (κ1) is 10.0. The Kier molecular flexibility index (Phi) is 4.07. The van der Waals surface area contributed by atoms with Crippen LogP contribution >= 0.6 is 0 Å². The highest BCUT2D eigenvalue weighted by Crippen LogP contribution is 2.30. The van der Waals surface area contributed by atoms with E-state index in [1.807, 2.05) is 0 Å². The summed E-state index contributed by atoms with van der Waals surface area (Å²) in [7, 11) is 0. The average Bonchev–Trinajstić information content (AvgIpc) is 2.17. The predicted octanol–water partition coefficient (Wildman–Crippen LogP) is 2.97. The van der Waals surface area contributed by atoms with E-state index in [9.17, 15) is 5.11 Å². The molecule has 0 amide bonds. The molecule has 0 saturated heterocycles. The van der Waals surface area contributed by atoms with Crippen LogP contribution in [0.25, 0.3) is 0 Å². The molecular formula is C11H22O. The van der Waals surface area contributed by atoms with Gasteiger partial charge < -0.3 is 5.11 Å². The minimum atomic E-state index is -0.0321. The number of aliphatic hydroxyl groups excluding tert-OH is 1. The first-order valence-electron chi connectivity index (χ1n) is 5.43. The van der Waals surface area contributed by atoms with Gasteiger partial charge in [-0.25, -0.2) is 0 Å². The summed E-state index contributed by atoms with van der Waals surface area (Å²) in [5, 5.41) is 9.94. The highest BCUT2D eigenvalue weighted by atomic mass is 16.3. The van der Waals surface area contributed by atoms with Crippen LogP contribution in [0.4, 0.5) is 0 Å². The Hall–Kier alpha value is -0.0400. The minimum absolute atomic E-state index is 0.0321. The van der Waals surface area contributed by atoms with Gasteiger partial charge in [0.15, 0.2) is 0 Å². The van der Waals surface area contributed by atoms with Crippen molar-refractivity contribution in [3.63, 3.8) is 0 Å². The molecule has 72 valence electrons. The zero-order valence-electron chi connectivity index (χ0n) is 8.42. The molecule has 1 fully saturated rings. The molecule has 2 unspecified atom stereocenters. The summed E-state index contributed by atoms with van der Waals surface area (Å²) in [6.07, 6.45) is 7.63. The summed E-state index contributed by atoms with van der Waals surface area (Å²) in [5.41, 5.74) is 0. The molecule has 0 aromatic carbocycles. The molecule has 12 heavy (non-hydrogen) atoms. The normalized spacial score (nSPS) is 25.2. The van der Waals surface area contributed by atoms with E-state index in [0.717, 1.165) is 6.42 Å². The van der Waals surface area contributed by atoms with Crippen molar-refractivity contribution in [1.82, 2.24) is 0 Å². The van der Waals surface area contributed by atoms with Gasteiger partial charge in [-0.3, -0.25) is 0 Å². The lowest BCUT2D eigenvalue weighted by atomic mass is 9.80. The van der Waals surface area contributed by atoms with Gasteiger partial charge in [-0.05, 0) is 24.7 Å². The molecule has 0 aromatic rings. The summed E-state index contributed by atoms with van der Waals surface area (Å²) in [5.74, 6) is 1.10. The predicted molar refractivity (Wildman–Crippen MR) is 52.0 cm³/mol. The molecule has 1 N–H and O–H groups in total. The van der Waals surface area contributed by atoms with Crippen molar-refractivity contribution in [2.24, 2.45) is 11.8 Å². The first-order valence-corrected chi connectivity index (χ1v) is 5.43. The number of rotatable bonds is 3. The molecule has 1 saturated carbocycles. The number of hydrogen-bond acceptors (Lipinski definition) is 1. The molecule has 0 aromatic heterocycles. The third-order valence-corrected chi connectivity index (χ3v) is 3.36. The largest absolute Gasteiger partial charge is 0.393 e. The van der Waals surface area contributed by atoms with Gasteiger partial charge in [0, 0.05) is 0 Å². The Bertz CT molecular complexity index is 116. The molecule has 0 heterocycles. The second kappa shape index (κ2) is 4.86. The van der Waals surface area contributed by atoms with Crippen LogP contribution in [0.1, 0.15) is 52.4 Å². The molecule has 2 atom stereocenters. The van der Waals surface area contributed by atoms with Gasteiger partial charge in [0.1, 0.15) is 0 Å². The summed E-state index contributed by atoms with van der Waals surface area (Å²) in [4.78, 5) is 0. The fourth-order valence-corrected chi connectivity index (χ4v) is 2.18. The van der Waals surface area contributed by atoms with E-state index in [2.05, 4.69) is 13.8 Å². The van der Waals surface area contributed by atoms with E-state index in [-0.39, 0.29) is 6.10 Å². The van der Waals surface area contributed by atoms with Gasteiger partial charge in [0.25, 0.3) is 0 Å². The second-order valence-electron chi connectivity index (χ2n) is 4.27. The van der Waals surface area contributed by atoms with Crippen molar-refractivity contribution < 1.29 is 5.11 Å². The molecule has 1 nitrogen and oxygen atoms in total. The zero-order valence-corrected chi connectivity index (χ0v) is 8.42. The Morgan fingerprint density at radius 2 is 1.83 bits per heavy atom. The summed E-state index contributed by atoms with van der Waals surface area (Å²) >= 11 is 0. The molecular weight excluding hydrogens is 148 g/mol. The lowest BCUT2D eigenvalue weighted by Crippen LogP contribution is -2.28. The summed E-state index contributed by atoms with van der Waals surface area (Å²) in [6.45, 7) is 4.33. The second-order valence-corrected chi connectivity index (χ2v) is 4.27. The van der Waals surface area contributed by atoms with Gasteiger partial charge in [0.2, 0.25) is 0 Å². The van der Waals surface area contributed by atoms with Crippen LogP contribution in [-0.2, 0) is 0 Å². The van der Waals surface area contributed by atoms with Gasteiger partial charge in [0.05, 0.1) is 6.10 Å². The summed E-state index contributed by atoms with van der Waals surface area (Å²) < 4.78 is 0. The molecule has 0 radical (unpaired) electrons. The highest BCUT2D eigenvalue weighted by molar-refractivity contribution is 4.76. The van der Waals surface area contributed by atoms with Crippen LogP contribution in [0.2, 0.25) is 0 Å². The maximum Gasteiger partial charge on any atom is 0.0593 e. The van der Waals surface area contributed by atoms with Gasteiger partial charge in [-0.15, -0.1) is 0 Å². The van der Waals surface area contributed by atoms with E-state index in [4.69, 9.17) is 0 Å². The Morgan fingerprint density at radius 3 is 2.33 bits per heavy atom.